The van der Waals surface area contributed by atoms with E-state index in [2.05, 4.69) is 17.2 Å². The van der Waals surface area contributed by atoms with Crippen LogP contribution in [0, 0.1) is 23.7 Å². The van der Waals surface area contributed by atoms with E-state index in [0.717, 1.165) is 6.42 Å². The molecule has 0 radical (unpaired) electrons. The molecule has 3 N–H and O–H groups in total. The summed E-state index contributed by atoms with van der Waals surface area (Å²) in [7, 11) is 8.49. The second kappa shape index (κ2) is 20.1. The van der Waals surface area contributed by atoms with Crippen LogP contribution in [0.25, 0.3) is 0 Å². The van der Waals surface area contributed by atoms with Crippen LogP contribution in [0.3, 0.4) is 0 Å². The highest BCUT2D eigenvalue weighted by Crippen LogP contribution is 2.30. The summed E-state index contributed by atoms with van der Waals surface area (Å²) < 4.78 is 11.8. The number of carbonyl (C=O) groups excluding carboxylic acids is 4. The van der Waals surface area contributed by atoms with Crippen molar-refractivity contribution in [3.63, 3.8) is 0 Å². The van der Waals surface area contributed by atoms with E-state index in [4.69, 9.17) is 9.47 Å². The zero-order valence-corrected chi connectivity index (χ0v) is 33.0. The molecule has 9 atom stereocenters. The molecule has 4 amide bonds. The van der Waals surface area contributed by atoms with Crippen molar-refractivity contribution in [1.29, 1.82) is 0 Å². The number of hydrogen-bond acceptors (Lipinski definition) is 8. The van der Waals surface area contributed by atoms with Crippen LogP contribution in [0.15, 0.2) is 42.6 Å². The Balaban J connectivity index is 2.21. The summed E-state index contributed by atoms with van der Waals surface area (Å²) in [5.74, 6) is -1.78. The Hall–Kier alpha value is -3.32. The molecule has 288 valence electrons. The minimum absolute atomic E-state index is 0.0193. The third-order valence-corrected chi connectivity index (χ3v) is 10.4. The molecule has 1 unspecified atom stereocenters. The largest absolute Gasteiger partial charge is 0.382 e. The average Bonchev–Trinajstić information content (AvgIpc) is 3.06. The monoisotopic (exact) mass is 715 g/mol. The summed E-state index contributed by atoms with van der Waals surface area (Å²) >= 11 is 0. The molecule has 51 heavy (non-hydrogen) atoms. The van der Waals surface area contributed by atoms with Gasteiger partial charge in [0.2, 0.25) is 23.6 Å². The van der Waals surface area contributed by atoms with Crippen molar-refractivity contribution in [2.75, 3.05) is 41.9 Å². The SMILES string of the molecule is C=C(NC(=O)[C@H](C)[C@@H](OC)[C@@H]1CCN1C(=O)C[C@@H](OC)[C@H](C(C)CC)N(C)C(=O)[C@@H](NC(=O)[C@H](C(C)C)N(C)C)C(C)C)[C@@H](O)c1ccccc1. The minimum Gasteiger partial charge on any atom is -0.382 e. The first-order valence-corrected chi connectivity index (χ1v) is 18.2. The lowest BCUT2D eigenvalue weighted by molar-refractivity contribution is -0.156. The molecule has 1 heterocycles. The molecule has 1 saturated heterocycles. The number of methoxy groups -OCH3 is 2. The lowest BCUT2D eigenvalue weighted by Crippen LogP contribution is -2.62. The topological polar surface area (TPSA) is 141 Å². The number of likely N-dealkylation sites (N-methyl/N-ethyl adjacent to an activating group) is 2. The van der Waals surface area contributed by atoms with Crippen molar-refractivity contribution in [2.45, 2.75) is 110 Å². The summed E-state index contributed by atoms with van der Waals surface area (Å²) in [6.07, 6.45) is -0.888. The second-order valence-electron chi connectivity index (χ2n) is 14.9. The Morgan fingerprint density at radius 1 is 0.961 bits per heavy atom. The lowest BCUT2D eigenvalue weighted by Gasteiger charge is -2.47. The van der Waals surface area contributed by atoms with Crippen LogP contribution in [-0.2, 0) is 28.7 Å². The number of amides is 4. The maximum atomic E-state index is 14.1. The number of rotatable bonds is 20. The van der Waals surface area contributed by atoms with Gasteiger partial charge in [0.1, 0.15) is 12.1 Å². The van der Waals surface area contributed by atoms with Gasteiger partial charge >= 0.3 is 0 Å². The Morgan fingerprint density at radius 3 is 2.02 bits per heavy atom. The van der Waals surface area contributed by atoms with Gasteiger partial charge in [0.15, 0.2) is 0 Å². The van der Waals surface area contributed by atoms with Crippen LogP contribution in [-0.4, -0.2) is 122 Å². The van der Waals surface area contributed by atoms with Gasteiger partial charge in [-0.3, -0.25) is 24.1 Å². The Morgan fingerprint density at radius 2 is 1.57 bits per heavy atom. The van der Waals surface area contributed by atoms with E-state index in [1.807, 2.05) is 66.6 Å². The quantitative estimate of drug-likeness (QED) is 0.186. The fourth-order valence-electron chi connectivity index (χ4n) is 7.20. The van der Waals surface area contributed by atoms with Gasteiger partial charge in [-0.1, -0.05) is 91.8 Å². The van der Waals surface area contributed by atoms with Gasteiger partial charge in [0, 0.05) is 33.5 Å². The number of ether oxygens (including phenoxy) is 2. The number of benzene rings is 1. The normalized spacial score (nSPS) is 19.3. The van der Waals surface area contributed by atoms with Crippen molar-refractivity contribution in [1.82, 2.24) is 25.3 Å². The van der Waals surface area contributed by atoms with E-state index < -0.39 is 42.4 Å². The minimum atomic E-state index is -1.07. The van der Waals surface area contributed by atoms with E-state index in [1.54, 1.807) is 55.1 Å². The van der Waals surface area contributed by atoms with Gasteiger partial charge in [-0.15, -0.1) is 0 Å². The number of likely N-dealkylation sites (tertiary alicyclic amines) is 1. The third-order valence-electron chi connectivity index (χ3n) is 10.4. The average molecular weight is 716 g/mol. The molecule has 1 aromatic carbocycles. The molecule has 1 aliphatic heterocycles. The fourth-order valence-corrected chi connectivity index (χ4v) is 7.20. The maximum absolute atomic E-state index is 14.1. The van der Waals surface area contributed by atoms with Crippen molar-refractivity contribution in [2.24, 2.45) is 23.7 Å². The molecule has 0 aromatic heterocycles. The molecule has 0 bridgehead atoms. The lowest BCUT2D eigenvalue weighted by atomic mass is 9.86. The molecule has 2 rings (SSSR count). The fraction of sp³-hybridized carbons (Fsp3) is 0.692. The molecule has 12 nitrogen and oxygen atoms in total. The zero-order chi connectivity index (χ0) is 38.7. The highest BCUT2D eigenvalue weighted by molar-refractivity contribution is 5.90. The molecule has 0 saturated carbocycles. The summed E-state index contributed by atoms with van der Waals surface area (Å²) in [5, 5.41) is 16.4. The molecule has 0 spiro atoms. The van der Waals surface area contributed by atoms with Crippen LogP contribution in [0.1, 0.15) is 79.4 Å². The summed E-state index contributed by atoms with van der Waals surface area (Å²) in [4.78, 5) is 59.9. The summed E-state index contributed by atoms with van der Waals surface area (Å²) in [6.45, 7) is 17.9. The van der Waals surface area contributed by atoms with Crippen LogP contribution in [0.5, 0.6) is 0 Å². The first kappa shape index (κ1) is 43.8. The maximum Gasteiger partial charge on any atom is 0.245 e. The zero-order valence-electron chi connectivity index (χ0n) is 33.0. The van der Waals surface area contributed by atoms with Gasteiger partial charge in [-0.05, 0) is 43.8 Å². The number of aliphatic hydroxyl groups excluding tert-OH is 1. The van der Waals surface area contributed by atoms with E-state index in [9.17, 15) is 24.3 Å². The molecular weight excluding hydrogens is 650 g/mol. The third kappa shape index (κ3) is 11.1. The standard InChI is InChI=1S/C39H65N5O7/c1-14-25(6)34(43(11)39(49)32(23(2)3)41-38(48)33(24(4)5)42(9)10)30(50-12)22-31(45)44-21-20-29(44)36(51-13)26(7)37(47)40-27(8)35(46)28-18-16-15-17-19-28/h15-19,23-26,29-30,32-36,46H,8,14,20-22H2,1-7,9-13H3,(H,40,47)(H,41,48)/t25?,26-,29+,30-,32+,33+,34+,35-,36-/m1/s1. The molecule has 0 aliphatic carbocycles. The highest BCUT2D eigenvalue weighted by atomic mass is 16.5. The van der Waals surface area contributed by atoms with Crippen LogP contribution < -0.4 is 10.6 Å². The Bertz CT molecular complexity index is 1300. The van der Waals surface area contributed by atoms with Gasteiger partial charge < -0.3 is 35.0 Å². The molecular formula is C39H65N5O7. The van der Waals surface area contributed by atoms with E-state index in [-0.39, 0.29) is 59.5 Å². The van der Waals surface area contributed by atoms with Gasteiger partial charge in [0.05, 0.1) is 42.7 Å². The number of hydrogen-bond donors (Lipinski definition) is 3. The molecule has 12 heteroatoms. The number of nitrogens with one attached hydrogen (secondary N) is 2. The van der Waals surface area contributed by atoms with Crippen molar-refractivity contribution in [3.8, 4) is 0 Å². The van der Waals surface area contributed by atoms with Crippen LogP contribution in [0.4, 0.5) is 0 Å². The number of carbonyl (C=O) groups is 4. The van der Waals surface area contributed by atoms with Gasteiger partial charge in [-0.25, -0.2) is 0 Å². The summed E-state index contributed by atoms with van der Waals surface area (Å²) in [6, 6.07) is 6.99. The van der Waals surface area contributed by atoms with Gasteiger partial charge in [-0.2, -0.15) is 0 Å². The van der Waals surface area contributed by atoms with E-state index in [0.29, 0.717) is 18.5 Å². The first-order valence-electron chi connectivity index (χ1n) is 18.2. The number of nitrogens with zero attached hydrogens (tertiary/aromatic N) is 3. The van der Waals surface area contributed by atoms with Crippen molar-refractivity contribution in [3.05, 3.63) is 48.2 Å². The first-order chi connectivity index (χ1) is 23.9. The predicted octanol–water partition coefficient (Wildman–Crippen LogP) is 3.61. The summed E-state index contributed by atoms with van der Waals surface area (Å²) in [5.41, 5.74) is 0.766. The van der Waals surface area contributed by atoms with E-state index >= 15 is 0 Å². The predicted molar refractivity (Wildman–Crippen MR) is 199 cm³/mol. The van der Waals surface area contributed by atoms with E-state index in [1.165, 1.54) is 7.11 Å². The Labute approximate surface area is 306 Å². The smallest absolute Gasteiger partial charge is 0.245 e. The Kier molecular flexibility index (Phi) is 17.2. The van der Waals surface area contributed by atoms with Gasteiger partial charge in [0.25, 0.3) is 0 Å². The van der Waals surface area contributed by atoms with Crippen LogP contribution >= 0.6 is 0 Å². The van der Waals surface area contributed by atoms with Crippen molar-refractivity contribution >= 4 is 23.6 Å². The van der Waals surface area contributed by atoms with Crippen molar-refractivity contribution < 1.29 is 33.8 Å². The molecule has 1 aliphatic rings. The van der Waals surface area contributed by atoms with Crippen LogP contribution in [0.2, 0.25) is 0 Å². The highest BCUT2D eigenvalue weighted by Gasteiger charge is 2.45. The molecule has 1 fully saturated rings. The second-order valence-corrected chi connectivity index (χ2v) is 14.9. The molecule has 1 aromatic rings. The number of aliphatic hydroxyl groups is 1.